The van der Waals surface area contributed by atoms with Crippen LogP contribution in [0.1, 0.15) is 16.2 Å². The zero-order valence-electron chi connectivity index (χ0n) is 14.5. The van der Waals surface area contributed by atoms with Crippen LogP contribution in [0.5, 0.6) is 0 Å². The fourth-order valence-electron chi connectivity index (χ4n) is 2.46. The molecule has 0 aliphatic heterocycles. The first-order chi connectivity index (χ1) is 13.5. The summed E-state index contributed by atoms with van der Waals surface area (Å²) in [7, 11) is 0. The molecule has 2 heterocycles. The van der Waals surface area contributed by atoms with Crippen molar-refractivity contribution in [1.82, 2.24) is 15.1 Å². The van der Waals surface area contributed by atoms with E-state index in [-0.39, 0.29) is 12.4 Å². The summed E-state index contributed by atoms with van der Waals surface area (Å²) >= 11 is 5.92. The van der Waals surface area contributed by atoms with Gasteiger partial charge in [0.05, 0.1) is 13.0 Å². The molecular formula is C19H16ClFN4O3. The van der Waals surface area contributed by atoms with Crippen molar-refractivity contribution < 1.29 is 18.8 Å². The van der Waals surface area contributed by atoms with E-state index in [9.17, 15) is 9.18 Å². The number of aliphatic hydroxyl groups is 1. The van der Waals surface area contributed by atoms with Crippen molar-refractivity contribution in [3.8, 4) is 11.4 Å². The summed E-state index contributed by atoms with van der Waals surface area (Å²) in [5.74, 6) is 0.0211. The zero-order chi connectivity index (χ0) is 20.1. The number of fused-ring (bicyclic) bond motifs is 1. The third-order valence-corrected chi connectivity index (χ3v) is 4.04. The quantitative estimate of drug-likeness (QED) is 0.484. The smallest absolute Gasteiger partial charge is 0.248 e. The Morgan fingerprint density at radius 2 is 2.00 bits per heavy atom. The van der Waals surface area contributed by atoms with E-state index in [1.807, 2.05) is 24.4 Å². The topological polar surface area (TPSA) is 118 Å². The molecule has 0 fully saturated rings. The van der Waals surface area contributed by atoms with E-state index >= 15 is 0 Å². The Balaban J connectivity index is 0.000000192. The van der Waals surface area contributed by atoms with Crippen LogP contribution in [0.4, 0.5) is 4.39 Å². The summed E-state index contributed by atoms with van der Waals surface area (Å²) in [6, 6.07) is 10.6. The predicted octanol–water partition coefficient (Wildman–Crippen LogP) is 3.33. The highest BCUT2D eigenvalue weighted by atomic mass is 35.5. The molecule has 0 radical (unpaired) electrons. The van der Waals surface area contributed by atoms with Crippen LogP contribution in [0.15, 0.2) is 53.2 Å². The Morgan fingerprint density at radius 3 is 2.68 bits per heavy atom. The number of nitrogens with one attached hydrogen (secondary N) is 1. The SMILES string of the molecule is NC(=O)c1ccc(F)cc1.OCCc1nc(-c2c[nH]c3cc(Cl)ccc23)no1. The zero-order valence-corrected chi connectivity index (χ0v) is 15.3. The normalized spacial score (nSPS) is 10.5. The van der Waals surface area contributed by atoms with Crippen LogP contribution in [-0.2, 0) is 6.42 Å². The third kappa shape index (κ3) is 4.54. The lowest BCUT2D eigenvalue weighted by atomic mass is 10.2. The highest BCUT2D eigenvalue weighted by Crippen LogP contribution is 2.28. The number of aliphatic hydroxyl groups excluding tert-OH is 1. The molecule has 4 aromatic rings. The van der Waals surface area contributed by atoms with Gasteiger partial charge in [-0.3, -0.25) is 4.79 Å². The first-order valence-corrected chi connectivity index (χ1v) is 8.61. The van der Waals surface area contributed by atoms with Gasteiger partial charge < -0.3 is 20.3 Å². The molecule has 0 aliphatic carbocycles. The van der Waals surface area contributed by atoms with Gasteiger partial charge in [0, 0.05) is 33.2 Å². The molecule has 0 saturated carbocycles. The molecule has 9 heteroatoms. The Hall–Kier alpha value is -3.23. The standard InChI is InChI=1S/C12H10ClN3O2.C7H6FNO/c13-7-1-2-8-9(6-14-10(8)5-7)12-15-11(3-4-17)18-16-12;8-6-3-1-5(2-4-6)7(9)10/h1-2,5-6,14,17H,3-4H2;1-4H,(H2,9,10). The van der Waals surface area contributed by atoms with Gasteiger partial charge in [0.15, 0.2) is 0 Å². The van der Waals surface area contributed by atoms with Crippen molar-refractivity contribution >= 4 is 28.4 Å². The lowest BCUT2D eigenvalue weighted by Gasteiger charge is -1.93. The van der Waals surface area contributed by atoms with Crippen LogP contribution < -0.4 is 5.73 Å². The van der Waals surface area contributed by atoms with E-state index in [1.54, 1.807) is 0 Å². The van der Waals surface area contributed by atoms with Crippen LogP contribution in [-0.4, -0.2) is 32.7 Å². The second-order valence-corrected chi connectivity index (χ2v) is 6.19. The molecular weight excluding hydrogens is 387 g/mol. The number of aromatic nitrogens is 3. The van der Waals surface area contributed by atoms with Crippen LogP contribution in [0.3, 0.4) is 0 Å². The molecule has 4 N–H and O–H groups in total. The van der Waals surface area contributed by atoms with Crippen LogP contribution >= 0.6 is 11.6 Å². The average molecular weight is 403 g/mol. The molecule has 4 rings (SSSR count). The number of H-pyrrole nitrogens is 1. The Bertz CT molecular complexity index is 1090. The molecule has 0 bridgehead atoms. The minimum Gasteiger partial charge on any atom is -0.396 e. The van der Waals surface area contributed by atoms with Crippen molar-refractivity contribution in [3.05, 3.63) is 71.0 Å². The Labute approximate surface area is 163 Å². The minimum absolute atomic E-state index is 0.00880. The van der Waals surface area contributed by atoms with Gasteiger partial charge in [0.25, 0.3) is 0 Å². The summed E-state index contributed by atoms with van der Waals surface area (Å²) in [6.07, 6.45) is 2.18. The van der Waals surface area contributed by atoms with Gasteiger partial charge in [0.1, 0.15) is 5.82 Å². The first kappa shape index (κ1) is 19.5. The average Bonchev–Trinajstić information content (AvgIpc) is 3.29. The Morgan fingerprint density at radius 1 is 1.25 bits per heavy atom. The number of primary amides is 1. The molecule has 0 spiro atoms. The number of nitrogens with zero attached hydrogens (tertiary/aromatic N) is 2. The van der Waals surface area contributed by atoms with Crippen molar-refractivity contribution in [3.63, 3.8) is 0 Å². The molecule has 0 atom stereocenters. The maximum Gasteiger partial charge on any atom is 0.248 e. The summed E-state index contributed by atoms with van der Waals surface area (Å²) in [4.78, 5) is 17.7. The van der Waals surface area contributed by atoms with Crippen molar-refractivity contribution in [1.29, 1.82) is 0 Å². The van der Waals surface area contributed by atoms with Crippen LogP contribution in [0.2, 0.25) is 5.02 Å². The largest absolute Gasteiger partial charge is 0.396 e. The van der Waals surface area contributed by atoms with E-state index in [4.69, 9.17) is 27.0 Å². The number of amides is 1. The highest BCUT2D eigenvalue weighted by Gasteiger charge is 2.12. The van der Waals surface area contributed by atoms with E-state index in [1.165, 1.54) is 24.3 Å². The minimum atomic E-state index is -0.542. The number of carbonyl (C=O) groups is 1. The van der Waals surface area contributed by atoms with Gasteiger partial charge >= 0.3 is 0 Å². The molecule has 0 saturated heterocycles. The fourth-order valence-corrected chi connectivity index (χ4v) is 2.63. The van der Waals surface area contributed by atoms with Crippen molar-refractivity contribution in [2.24, 2.45) is 5.73 Å². The number of aromatic amines is 1. The molecule has 2 aromatic heterocycles. The molecule has 144 valence electrons. The number of rotatable bonds is 4. The van der Waals surface area contributed by atoms with Gasteiger partial charge in [-0.2, -0.15) is 4.98 Å². The number of nitrogens with two attached hydrogens (primary N) is 1. The highest BCUT2D eigenvalue weighted by molar-refractivity contribution is 6.31. The maximum atomic E-state index is 12.2. The molecule has 28 heavy (non-hydrogen) atoms. The molecule has 0 unspecified atom stereocenters. The molecule has 2 aromatic carbocycles. The summed E-state index contributed by atoms with van der Waals surface area (Å²) < 4.78 is 17.2. The number of carbonyl (C=O) groups excluding carboxylic acids is 1. The van der Waals surface area contributed by atoms with Gasteiger partial charge in [-0.15, -0.1) is 0 Å². The summed E-state index contributed by atoms with van der Waals surface area (Å²) in [5.41, 5.74) is 7.00. The lowest BCUT2D eigenvalue weighted by Crippen LogP contribution is -2.10. The van der Waals surface area contributed by atoms with Crippen molar-refractivity contribution in [2.45, 2.75) is 6.42 Å². The number of hydrogen-bond donors (Lipinski definition) is 3. The first-order valence-electron chi connectivity index (χ1n) is 8.23. The molecule has 7 nitrogen and oxygen atoms in total. The van der Waals surface area contributed by atoms with Crippen LogP contribution in [0.25, 0.3) is 22.3 Å². The van der Waals surface area contributed by atoms with E-state index < -0.39 is 5.91 Å². The van der Waals surface area contributed by atoms with E-state index in [0.29, 0.717) is 28.7 Å². The second kappa shape index (κ2) is 8.64. The number of benzene rings is 2. The molecule has 0 aliphatic rings. The van der Waals surface area contributed by atoms with Crippen molar-refractivity contribution in [2.75, 3.05) is 6.61 Å². The molecule has 1 amide bonds. The van der Waals surface area contributed by atoms with Gasteiger partial charge in [-0.05, 0) is 36.4 Å². The number of halogens is 2. The van der Waals surface area contributed by atoms with Gasteiger partial charge in [-0.25, -0.2) is 4.39 Å². The van der Waals surface area contributed by atoms with E-state index in [0.717, 1.165) is 16.5 Å². The predicted molar refractivity (Wildman–Crippen MR) is 102 cm³/mol. The summed E-state index contributed by atoms with van der Waals surface area (Å²) in [6.45, 7) is -0.00880. The fraction of sp³-hybridized carbons (Fsp3) is 0.105. The monoisotopic (exact) mass is 402 g/mol. The number of hydrogen-bond acceptors (Lipinski definition) is 5. The van der Waals surface area contributed by atoms with Gasteiger partial charge in [-0.1, -0.05) is 22.8 Å². The lowest BCUT2D eigenvalue weighted by molar-refractivity contribution is 0.1000. The Kier molecular flexibility index (Phi) is 6.03. The van der Waals surface area contributed by atoms with Crippen LogP contribution in [0, 0.1) is 5.82 Å². The van der Waals surface area contributed by atoms with E-state index in [2.05, 4.69) is 15.1 Å². The maximum absolute atomic E-state index is 12.2. The second-order valence-electron chi connectivity index (χ2n) is 5.75. The summed E-state index contributed by atoms with van der Waals surface area (Å²) in [5, 5.41) is 14.4. The van der Waals surface area contributed by atoms with Gasteiger partial charge in [0.2, 0.25) is 17.6 Å². The third-order valence-electron chi connectivity index (χ3n) is 3.81.